The summed E-state index contributed by atoms with van der Waals surface area (Å²) in [4.78, 5) is 0. The average Bonchev–Trinajstić information content (AvgIpc) is 1.89. The van der Waals surface area contributed by atoms with Crippen molar-refractivity contribution in [2.75, 3.05) is 0 Å². The lowest BCUT2D eigenvalue weighted by Crippen LogP contribution is -2.32. The zero-order valence-corrected chi connectivity index (χ0v) is 6.27. The molecule has 0 radical (unpaired) electrons. The van der Waals surface area contributed by atoms with Crippen LogP contribution in [0, 0.1) is 5.92 Å². The third kappa shape index (κ3) is 1.68. The Morgan fingerprint density at radius 3 is 2.44 bits per heavy atom. The first-order valence-corrected chi connectivity index (χ1v) is 4.10. The summed E-state index contributed by atoms with van der Waals surface area (Å²) in [7, 11) is 0. The summed E-state index contributed by atoms with van der Waals surface area (Å²) in [5, 5.41) is 0. The van der Waals surface area contributed by atoms with Crippen molar-refractivity contribution in [3.8, 4) is 0 Å². The Hall–Kier alpha value is -0.0400. The lowest BCUT2D eigenvalue weighted by atomic mass is 9.84. The van der Waals surface area contributed by atoms with E-state index in [9.17, 15) is 0 Å². The maximum absolute atomic E-state index is 5.89. The van der Waals surface area contributed by atoms with Gasteiger partial charge in [0, 0.05) is 6.04 Å². The Balaban J connectivity index is 2.30. The normalized spacial score (nSPS) is 36.7. The van der Waals surface area contributed by atoms with Gasteiger partial charge in [0.25, 0.3) is 0 Å². The Bertz CT molecular complexity index is 80.6. The van der Waals surface area contributed by atoms with Gasteiger partial charge in [0.05, 0.1) is 0 Å². The van der Waals surface area contributed by atoms with Crippen molar-refractivity contribution in [3.05, 3.63) is 0 Å². The molecule has 1 aliphatic carbocycles. The lowest BCUT2D eigenvalue weighted by molar-refractivity contribution is 0.300. The minimum absolute atomic E-state index is 0.517. The van der Waals surface area contributed by atoms with E-state index in [1.807, 2.05) is 0 Å². The van der Waals surface area contributed by atoms with Crippen molar-refractivity contribution < 1.29 is 0 Å². The van der Waals surface area contributed by atoms with Crippen molar-refractivity contribution in [2.45, 2.75) is 45.1 Å². The highest BCUT2D eigenvalue weighted by atomic mass is 14.7. The standard InChI is InChI=1S/C8H17N/c1-2-7-5-3-4-6-8(7)9/h7-8H,2-6,9H2,1H3/t7-,8+/m1/s1. The fraction of sp³-hybridized carbons (Fsp3) is 1.00. The smallest absolute Gasteiger partial charge is 0.00670 e. The molecule has 0 bridgehead atoms. The molecule has 2 N–H and O–H groups in total. The summed E-state index contributed by atoms with van der Waals surface area (Å²) >= 11 is 0. The highest BCUT2D eigenvalue weighted by Gasteiger charge is 2.18. The van der Waals surface area contributed by atoms with Gasteiger partial charge in [-0.25, -0.2) is 0 Å². The van der Waals surface area contributed by atoms with Crippen molar-refractivity contribution in [1.82, 2.24) is 0 Å². The third-order valence-corrected chi connectivity index (χ3v) is 2.49. The monoisotopic (exact) mass is 127 g/mol. The molecule has 54 valence electrons. The minimum atomic E-state index is 0.517. The number of nitrogens with two attached hydrogens (primary N) is 1. The zero-order valence-electron chi connectivity index (χ0n) is 6.27. The summed E-state index contributed by atoms with van der Waals surface area (Å²) in [5.41, 5.74) is 5.89. The Kier molecular flexibility index (Phi) is 2.52. The number of rotatable bonds is 1. The second-order valence-electron chi connectivity index (χ2n) is 3.12. The fourth-order valence-electron chi connectivity index (χ4n) is 1.74. The van der Waals surface area contributed by atoms with Crippen molar-refractivity contribution in [2.24, 2.45) is 11.7 Å². The number of hydrogen-bond acceptors (Lipinski definition) is 1. The molecule has 1 aliphatic rings. The molecule has 0 aliphatic heterocycles. The topological polar surface area (TPSA) is 26.0 Å². The van der Waals surface area contributed by atoms with Crippen molar-refractivity contribution >= 4 is 0 Å². The van der Waals surface area contributed by atoms with Crippen molar-refractivity contribution in [1.29, 1.82) is 0 Å². The fourth-order valence-corrected chi connectivity index (χ4v) is 1.74. The summed E-state index contributed by atoms with van der Waals surface area (Å²) in [6.45, 7) is 2.25. The lowest BCUT2D eigenvalue weighted by Gasteiger charge is -2.27. The van der Waals surface area contributed by atoms with Crippen LogP contribution in [0.4, 0.5) is 0 Å². The summed E-state index contributed by atoms with van der Waals surface area (Å²) in [6, 6.07) is 0.517. The average molecular weight is 127 g/mol. The molecule has 0 saturated heterocycles. The summed E-state index contributed by atoms with van der Waals surface area (Å²) in [6.07, 6.45) is 6.68. The first kappa shape index (κ1) is 7.07. The molecule has 0 amide bonds. The summed E-state index contributed by atoms with van der Waals surface area (Å²) in [5.74, 6) is 0.832. The molecule has 1 heteroatoms. The van der Waals surface area contributed by atoms with E-state index in [1.165, 1.54) is 32.1 Å². The van der Waals surface area contributed by atoms with Crippen LogP contribution in [-0.4, -0.2) is 6.04 Å². The molecule has 9 heavy (non-hydrogen) atoms. The second kappa shape index (κ2) is 3.21. The van der Waals surface area contributed by atoms with Gasteiger partial charge >= 0.3 is 0 Å². The molecular formula is C8H17N. The molecule has 0 unspecified atom stereocenters. The molecule has 0 aromatic heterocycles. The first-order chi connectivity index (χ1) is 4.34. The van der Waals surface area contributed by atoms with Crippen molar-refractivity contribution in [3.63, 3.8) is 0 Å². The van der Waals surface area contributed by atoms with Gasteiger partial charge in [-0.1, -0.05) is 26.2 Å². The summed E-state index contributed by atoms with van der Waals surface area (Å²) < 4.78 is 0. The van der Waals surface area contributed by atoms with Gasteiger partial charge < -0.3 is 5.73 Å². The van der Waals surface area contributed by atoms with Crippen LogP contribution in [0.1, 0.15) is 39.0 Å². The van der Waals surface area contributed by atoms with Crippen LogP contribution in [0.5, 0.6) is 0 Å². The molecule has 0 aromatic rings. The van der Waals surface area contributed by atoms with Gasteiger partial charge in [-0.3, -0.25) is 0 Å². The zero-order chi connectivity index (χ0) is 6.69. The van der Waals surface area contributed by atoms with E-state index < -0.39 is 0 Å². The Morgan fingerprint density at radius 1 is 1.33 bits per heavy atom. The van der Waals surface area contributed by atoms with Crippen LogP contribution < -0.4 is 5.73 Å². The Labute approximate surface area is 57.6 Å². The molecule has 1 rings (SSSR count). The van der Waals surface area contributed by atoms with Crippen LogP contribution in [0.3, 0.4) is 0 Å². The highest BCUT2D eigenvalue weighted by molar-refractivity contribution is 4.76. The first-order valence-electron chi connectivity index (χ1n) is 4.10. The molecule has 1 fully saturated rings. The van der Waals surface area contributed by atoms with Gasteiger partial charge in [-0.15, -0.1) is 0 Å². The highest BCUT2D eigenvalue weighted by Crippen LogP contribution is 2.24. The van der Waals surface area contributed by atoms with Gasteiger partial charge in [0.2, 0.25) is 0 Å². The van der Waals surface area contributed by atoms with Gasteiger partial charge in [-0.05, 0) is 18.8 Å². The van der Waals surface area contributed by atoms with Crippen LogP contribution in [0.15, 0.2) is 0 Å². The van der Waals surface area contributed by atoms with Crippen LogP contribution >= 0.6 is 0 Å². The van der Waals surface area contributed by atoms with E-state index in [4.69, 9.17) is 5.73 Å². The van der Waals surface area contributed by atoms with E-state index >= 15 is 0 Å². The Morgan fingerprint density at radius 2 is 2.00 bits per heavy atom. The minimum Gasteiger partial charge on any atom is -0.327 e. The molecule has 0 aromatic carbocycles. The molecule has 0 heterocycles. The molecule has 1 saturated carbocycles. The molecule has 2 atom stereocenters. The largest absolute Gasteiger partial charge is 0.327 e. The van der Waals surface area contributed by atoms with E-state index in [2.05, 4.69) is 6.92 Å². The SMILES string of the molecule is CC[C@@H]1CCCC[C@@H]1N. The number of hydrogen-bond donors (Lipinski definition) is 1. The molecule has 0 spiro atoms. The van der Waals surface area contributed by atoms with Crippen LogP contribution in [0.25, 0.3) is 0 Å². The van der Waals surface area contributed by atoms with Crippen LogP contribution in [0.2, 0.25) is 0 Å². The molecular weight excluding hydrogens is 110 g/mol. The van der Waals surface area contributed by atoms with E-state index in [0.717, 1.165) is 5.92 Å². The van der Waals surface area contributed by atoms with Gasteiger partial charge in [0.15, 0.2) is 0 Å². The second-order valence-corrected chi connectivity index (χ2v) is 3.12. The quantitative estimate of drug-likeness (QED) is 0.572. The maximum atomic E-state index is 5.89. The van der Waals surface area contributed by atoms with Crippen LogP contribution in [-0.2, 0) is 0 Å². The predicted molar refractivity (Wildman–Crippen MR) is 40.2 cm³/mol. The van der Waals surface area contributed by atoms with Gasteiger partial charge in [0.1, 0.15) is 0 Å². The van der Waals surface area contributed by atoms with E-state index in [-0.39, 0.29) is 0 Å². The van der Waals surface area contributed by atoms with E-state index in [1.54, 1.807) is 0 Å². The van der Waals surface area contributed by atoms with Gasteiger partial charge in [-0.2, -0.15) is 0 Å². The molecule has 1 nitrogen and oxygen atoms in total. The maximum Gasteiger partial charge on any atom is 0.00670 e. The predicted octanol–water partition coefficient (Wildman–Crippen LogP) is 1.91. The van der Waals surface area contributed by atoms with E-state index in [0.29, 0.717) is 6.04 Å². The third-order valence-electron chi connectivity index (χ3n) is 2.49.